The number of hydrogen-bond donors (Lipinski definition) is 1. The van der Waals surface area contributed by atoms with E-state index in [0.29, 0.717) is 22.4 Å². The quantitative estimate of drug-likeness (QED) is 0.533. The second kappa shape index (κ2) is 6.51. The summed E-state index contributed by atoms with van der Waals surface area (Å²) in [4.78, 5) is 3.99. The lowest BCUT2D eigenvalue weighted by molar-refractivity contribution is 0.602. The summed E-state index contributed by atoms with van der Waals surface area (Å²) in [6, 6.07) is 11.5. The Kier molecular flexibility index (Phi) is 4.31. The maximum Gasteiger partial charge on any atom is 0.264 e. The lowest BCUT2D eigenvalue weighted by atomic mass is 10.3. The molecule has 0 atom stereocenters. The molecule has 2 aromatic heterocycles. The number of aromatic nitrogens is 4. The highest BCUT2D eigenvalue weighted by Crippen LogP contribution is 2.26. The smallest absolute Gasteiger partial charge is 0.264 e. The van der Waals surface area contributed by atoms with Crippen LogP contribution >= 0.6 is 34.9 Å². The zero-order valence-electron chi connectivity index (χ0n) is 12.8. The molecule has 0 aliphatic carbocycles. The van der Waals surface area contributed by atoms with Gasteiger partial charge in [-0.1, -0.05) is 29.3 Å². The van der Waals surface area contributed by atoms with Gasteiger partial charge in [-0.3, -0.25) is 9.29 Å². The molecule has 0 radical (unpaired) electrons. The summed E-state index contributed by atoms with van der Waals surface area (Å²) in [5.74, 6) is 0. The van der Waals surface area contributed by atoms with Crippen molar-refractivity contribution in [2.75, 3.05) is 4.72 Å². The zero-order valence-corrected chi connectivity index (χ0v) is 15.9. The zero-order chi connectivity index (χ0) is 18.3. The Bertz CT molecular complexity index is 1200. The first kappa shape index (κ1) is 17.2. The number of halogens is 2. The van der Waals surface area contributed by atoms with E-state index in [-0.39, 0.29) is 15.2 Å². The number of hydrogen-bond acceptors (Lipinski definition) is 6. The summed E-state index contributed by atoms with van der Waals surface area (Å²) in [5.41, 5.74) is 1.99. The van der Waals surface area contributed by atoms with Crippen LogP contribution in [0.15, 0.2) is 53.7 Å². The highest BCUT2D eigenvalue weighted by Gasteiger charge is 2.19. The molecular weight excluding hydrogens is 417 g/mol. The van der Waals surface area contributed by atoms with Gasteiger partial charge in [0.05, 0.1) is 11.7 Å². The summed E-state index contributed by atoms with van der Waals surface area (Å²) < 4.78 is 37.7. The number of rotatable bonds is 4. The molecule has 0 fully saturated rings. The van der Waals surface area contributed by atoms with Gasteiger partial charge in [0.1, 0.15) is 22.3 Å². The average molecular weight is 426 g/mol. The standard InChI is InChI=1S/C15H9Cl2N5O2S2/c16-14-15(17)22(8-18-14)10-6-4-9(5-7-10)21-26(23,24)12-3-1-2-11-13(12)20-25-19-11/h1-8,21H. The molecular formula is C15H9Cl2N5O2S2. The van der Waals surface area contributed by atoms with Crippen LogP contribution < -0.4 is 4.72 Å². The molecule has 0 amide bonds. The summed E-state index contributed by atoms with van der Waals surface area (Å²) >= 11 is 12.9. The monoisotopic (exact) mass is 425 g/mol. The summed E-state index contributed by atoms with van der Waals surface area (Å²) in [7, 11) is -3.80. The third-order valence-electron chi connectivity index (χ3n) is 3.60. The van der Waals surface area contributed by atoms with Crippen molar-refractivity contribution >= 4 is 61.7 Å². The first-order chi connectivity index (χ1) is 12.5. The Morgan fingerprint density at radius 1 is 1.04 bits per heavy atom. The summed E-state index contributed by atoms with van der Waals surface area (Å²) in [6.07, 6.45) is 1.49. The molecule has 0 unspecified atom stereocenters. The molecule has 0 spiro atoms. The predicted octanol–water partition coefficient (Wildman–Crippen LogP) is 3.98. The van der Waals surface area contributed by atoms with Crippen molar-refractivity contribution in [1.29, 1.82) is 0 Å². The second-order valence-corrected chi connectivity index (χ2v) is 8.13. The van der Waals surface area contributed by atoms with E-state index in [0.717, 1.165) is 11.7 Å². The third kappa shape index (κ3) is 3.03. The van der Waals surface area contributed by atoms with Crippen LogP contribution in [-0.2, 0) is 10.0 Å². The van der Waals surface area contributed by atoms with Crippen LogP contribution in [0.3, 0.4) is 0 Å². The molecule has 7 nitrogen and oxygen atoms in total. The second-order valence-electron chi connectivity index (χ2n) is 5.24. The minimum atomic E-state index is -3.80. The van der Waals surface area contributed by atoms with Gasteiger partial charge < -0.3 is 0 Å². The largest absolute Gasteiger partial charge is 0.288 e. The number of nitrogens with one attached hydrogen (secondary N) is 1. The first-order valence-corrected chi connectivity index (χ1v) is 10.2. The lowest BCUT2D eigenvalue weighted by Gasteiger charge is -2.10. The Balaban J connectivity index is 1.65. The fourth-order valence-corrected chi connectivity index (χ4v) is 4.54. The first-order valence-electron chi connectivity index (χ1n) is 7.18. The van der Waals surface area contributed by atoms with Crippen molar-refractivity contribution in [3.8, 4) is 5.69 Å². The third-order valence-corrected chi connectivity index (χ3v) is 6.29. The summed E-state index contributed by atoms with van der Waals surface area (Å²) in [6.45, 7) is 0. The van der Waals surface area contributed by atoms with Crippen LogP contribution in [0, 0.1) is 0 Å². The average Bonchev–Trinajstić information content (AvgIpc) is 3.22. The molecule has 0 bridgehead atoms. The predicted molar refractivity (Wildman–Crippen MR) is 102 cm³/mol. The van der Waals surface area contributed by atoms with Crippen LogP contribution in [-0.4, -0.2) is 26.7 Å². The molecule has 2 aromatic carbocycles. The Morgan fingerprint density at radius 3 is 2.50 bits per heavy atom. The highest BCUT2D eigenvalue weighted by molar-refractivity contribution is 7.93. The van der Waals surface area contributed by atoms with Gasteiger partial charge in [0.25, 0.3) is 10.0 Å². The molecule has 0 aliphatic heterocycles. The van der Waals surface area contributed by atoms with Crippen LogP contribution in [0.4, 0.5) is 5.69 Å². The number of fused-ring (bicyclic) bond motifs is 1. The molecule has 1 N–H and O–H groups in total. The molecule has 4 aromatic rings. The van der Waals surface area contributed by atoms with Crippen molar-refractivity contribution in [3.05, 3.63) is 59.1 Å². The lowest BCUT2D eigenvalue weighted by Crippen LogP contribution is -2.13. The fourth-order valence-electron chi connectivity index (χ4n) is 2.39. The van der Waals surface area contributed by atoms with Crippen molar-refractivity contribution < 1.29 is 8.42 Å². The minimum Gasteiger partial charge on any atom is -0.288 e. The van der Waals surface area contributed by atoms with Crippen molar-refractivity contribution in [1.82, 2.24) is 18.3 Å². The van der Waals surface area contributed by atoms with Gasteiger partial charge in [-0.2, -0.15) is 8.75 Å². The molecule has 0 aliphatic rings. The summed E-state index contributed by atoms with van der Waals surface area (Å²) in [5, 5.41) is 0.476. The van der Waals surface area contributed by atoms with Gasteiger partial charge in [-0.15, -0.1) is 0 Å². The van der Waals surface area contributed by atoms with E-state index >= 15 is 0 Å². The fraction of sp³-hybridized carbons (Fsp3) is 0. The number of benzene rings is 2. The van der Waals surface area contributed by atoms with Crippen LogP contribution in [0.2, 0.25) is 10.3 Å². The molecule has 132 valence electrons. The number of anilines is 1. The molecule has 0 saturated heterocycles. The van der Waals surface area contributed by atoms with E-state index in [1.807, 2.05) is 0 Å². The van der Waals surface area contributed by atoms with Gasteiger partial charge in [0.15, 0.2) is 10.3 Å². The van der Waals surface area contributed by atoms with Crippen LogP contribution in [0.5, 0.6) is 0 Å². The minimum absolute atomic E-state index is 0.0808. The SMILES string of the molecule is O=S(=O)(Nc1ccc(-n2cnc(Cl)c2Cl)cc1)c1cccc2nsnc12. The van der Waals surface area contributed by atoms with E-state index in [1.54, 1.807) is 41.0 Å². The van der Waals surface area contributed by atoms with Gasteiger partial charge in [-0.05, 0) is 36.4 Å². The number of nitrogens with zero attached hydrogens (tertiary/aromatic N) is 4. The van der Waals surface area contributed by atoms with E-state index in [4.69, 9.17) is 23.2 Å². The van der Waals surface area contributed by atoms with Gasteiger partial charge in [0.2, 0.25) is 0 Å². The highest BCUT2D eigenvalue weighted by atomic mass is 35.5. The Labute approximate surface area is 162 Å². The van der Waals surface area contributed by atoms with Gasteiger partial charge >= 0.3 is 0 Å². The van der Waals surface area contributed by atoms with E-state index in [1.165, 1.54) is 12.4 Å². The molecule has 26 heavy (non-hydrogen) atoms. The number of imidazole rings is 1. The molecule has 2 heterocycles. The molecule has 4 rings (SSSR count). The van der Waals surface area contributed by atoms with Crippen molar-refractivity contribution in [2.45, 2.75) is 4.90 Å². The van der Waals surface area contributed by atoms with Crippen molar-refractivity contribution in [3.63, 3.8) is 0 Å². The van der Waals surface area contributed by atoms with E-state index in [2.05, 4.69) is 18.5 Å². The molecule has 11 heteroatoms. The topological polar surface area (TPSA) is 89.8 Å². The van der Waals surface area contributed by atoms with Gasteiger partial charge in [0, 0.05) is 11.4 Å². The van der Waals surface area contributed by atoms with E-state index in [9.17, 15) is 8.42 Å². The van der Waals surface area contributed by atoms with E-state index < -0.39 is 10.0 Å². The van der Waals surface area contributed by atoms with Crippen LogP contribution in [0.1, 0.15) is 0 Å². The van der Waals surface area contributed by atoms with Gasteiger partial charge in [-0.25, -0.2) is 13.4 Å². The van der Waals surface area contributed by atoms with Crippen LogP contribution in [0.25, 0.3) is 16.7 Å². The number of sulfonamides is 1. The maximum atomic E-state index is 12.7. The van der Waals surface area contributed by atoms with Crippen molar-refractivity contribution in [2.24, 2.45) is 0 Å². The Morgan fingerprint density at radius 2 is 1.81 bits per heavy atom. The normalized spacial score (nSPS) is 11.8. The molecule has 0 saturated carbocycles. The maximum absolute atomic E-state index is 12.7. The Hall–Kier alpha value is -2.20.